The number of para-hydroxylation sites is 1. The lowest BCUT2D eigenvalue weighted by molar-refractivity contribution is 0.0691. The minimum atomic E-state index is -0.301. The van der Waals surface area contributed by atoms with Crippen molar-refractivity contribution in [3.05, 3.63) is 101 Å². The lowest BCUT2D eigenvalue weighted by Gasteiger charge is -2.36. The summed E-state index contributed by atoms with van der Waals surface area (Å²) in [5.41, 5.74) is 4.70. The maximum absolute atomic E-state index is 13.5. The molecule has 0 saturated heterocycles. The molecule has 1 aliphatic heterocycles. The highest BCUT2D eigenvalue weighted by atomic mass is 19.1. The van der Waals surface area contributed by atoms with E-state index >= 15 is 0 Å². The molecule has 0 bridgehead atoms. The van der Waals surface area contributed by atoms with Gasteiger partial charge in [0.15, 0.2) is 0 Å². The second kappa shape index (κ2) is 6.60. The predicted molar refractivity (Wildman–Crippen MR) is 106 cm³/mol. The van der Waals surface area contributed by atoms with E-state index in [0.29, 0.717) is 12.1 Å². The predicted octanol–water partition coefficient (Wildman–Crippen LogP) is 4.49. The van der Waals surface area contributed by atoms with Crippen molar-refractivity contribution in [2.24, 2.45) is 0 Å². The van der Waals surface area contributed by atoms with Gasteiger partial charge in [-0.05, 0) is 47.9 Å². The van der Waals surface area contributed by atoms with Gasteiger partial charge in [0.05, 0.1) is 11.6 Å². The van der Waals surface area contributed by atoms with Gasteiger partial charge in [0.25, 0.3) is 5.91 Å². The Kier molecular flexibility index (Phi) is 3.93. The summed E-state index contributed by atoms with van der Waals surface area (Å²) in [6, 6.07) is 17.8. The van der Waals surface area contributed by atoms with Crippen LogP contribution in [0.5, 0.6) is 0 Å². The molecule has 0 spiro atoms. The maximum Gasteiger partial charge on any atom is 0.256 e. The third-order valence-corrected chi connectivity index (χ3v) is 5.39. The lowest BCUT2D eigenvalue weighted by Crippen LogP contribution is -2.40. The van der Waals surface area contributed by atoms with E-state index in [1.54, 1.807) is 36.7 Å². The molecule has 1 aliphatic rings. The average Bonchev–Trinajstić information content (AvgIpc) is 3.13. The van der Waals surface area contributed by atoms with Crippen LogP contribution in [0.4, 0.5) is 4.39 Å². The fourth-order valence-electron chi connectivity index (χ4n) is 4.11. The first kappa shape index (κ1) is 16.7. The number of fused-ring (bicyclic) bond motifs is 3. The van der Waals surface area contributed by atoms with Crippen LogP contribution in [0, 0.1) is 5.82 Å². The van der Waals surface area contributed by atoms with Crippen LogP contribution >= 0.6 is 0 Å². The number of amides is 1. The lowest BCUT2D eigenvalue weighted by atomic mass is 9.92. The largest absolute Gasteiger partial charge is 0.356 e. The Morgan fingerprint density at radius 1 is 1.07 bits per heavy atom. The zero-order valence-corrected chi connectivity index (χ0v) is 15.1. The Bertz CT molecular complexity index is 1150. The number of H-pyrrole nitrogens is 1. The standard InChI is InChI=1S/C23H18FN3O/c24-17-9-7-15(8-10-17)22-21-19(18-5-1-2-6-20(18)26-21)11-13-27(22)23(28)16-4-3-12-25-14-16/h1-10,12,14,22,26H,11,13H2. The smallest absolute Gasteiger partial charge is 0.256 e. The van der Waals surface area contributed by atoms with E-state index in [1.807, 2.05) is 23.1 Å². The van der Waals surface area contributed by atoms with E-state index in [4.69, 9.17) is 0 Å². The normalized spacial score (nSPS) is 16.2. The summed E-state index contributed by atoms with van der Waals surface area (Å²) in [5.74, 6) is -0.367. The number of nitrogens with zero attached hydrogens (tertiary/aromatic N) is 2. The molecule has 0 fully saturated rings. The van der Waals surface area contributed by atoms with Gasteiger partial charge >= 0.3 is 0 Å². The van der Waals surface area contributed by atoms with E-state index in [1.165, 1.54) is 23.1 Å². The monoisotopic (exact) mass is 371 g/mol. The summed E-state index contributed by atoms with van der Waals surface area (Å²) >= 11 is 0. The van der Waals surface area contributed by atoms with Crippen molar-refractivity contribution in [2.75, 3.05) is 6.54 Å². The Balaban J connectivity index is 1.67. The highest BCUT2D eigenvalue weighted by Gasteiger charge is 2.34. The number of benzene rings is 2. The molecule has 5 heteroatoms. The van der Waals surface area contributed by atoms with Gasteiger partial charge < -0.3 is 9.88 Å². The van der Waals surface area contributed by atoms with E-state index in [2.05, 4.69) is 16.0 Å². The average molecular weight is 371 g/mol. The molecule has 4 aromatic rings. The number of aromatic nitrogens is 2. The molecule has 1 N–H and O–H groups in total. The molecular formula is C23H18FN3O. The first-order valence-corrected chi connectivity index (χ1v) is 9.28. The first-order chi connectivity index (χ1) is 13.7. The molecule has 3 heterocycles. The molecule has 0 radical (unpaired) electrons. The van der Waals surface area contributed by atoms with Crippen molar-refractivity contribution in [3.8, 4) is 0 Å². The summed E-state index contributed by atoms with van der Waals surface area (Å²) in [7, 11) is 0. The van der Waals surface area contributed by atoms with Crippen molar-refractivity contribution in [2.45, 2.75) is 12.5 Å². The van der Waals surface area contributed by atoms with Crippen LogP contribution in [0.3, 0.4) is 0 Å². The molecule has 1 amide bonds. The van der Waals surface area contributed by atoms with Crippen LogP contribution in [-0.4, -0.2) is 27.3 Å². The maximum atomic E-state index is 13.5. The number of rotatable bonds is 2. The van der Waals surface area contributed by atoms with Crippen LogP contribution in [0.25, 0.3) is 10.9 Å². The minimum Gasteiger partial charge on any atom is -0.356 e. The van der Waals surface area contributed by atoms with Crippen LogP contribution in [0.1, 0.15) is 33.2 Å². The van der Waals surface area contributed by atoms with Gasteiger partial charge in [-0.1, -0.05) is 30.3 Å². The summed E-state index contributed by atoms with van der Waals surface area (Å²) in [6.45, 7) is 0.588. The molecule has 1 atom stereocenters. The topological polar surface area (TPSA) is 49.0 Å². The third kappa shape index (κ3) is 2.67. The minimum absolute atomic E-state index is 0.0771. The molecule has 0 saturated carbocycles. The summed E-state index contributed by atoms with van der Waals surface area (Å²) in [4.78, 5) is 22.7. The van der Waals surface area contributed by atoms with Crippen LogP contribution in [0.2, 0.25) is 0 Å². The zero-order valence-electron chi connectivity index (χ0n) is 15.1. The quantitative estimate of drug-likeness (QED) is 0.564. The second-order valence-electron chi connectivity index (χ2n) is 7.01. The van der Waals surface area contributed by atoms with Gasteiger partial charge in [0.2, 0.25) is 0 Å². The Labute approximate surface area is 161 Å². The number of carbonyl (C=O) groups is 1. The molecule has 2 aromatic heterocycles. The van der Waals surface area contributed by atoms with Crippen molar-refractivity contribution in [1.82, 2.24) is 14.9 Å². The molecule has 2 aromatic carbocycles. The molecule has 0 aliphatic carbocycles. The number of halogens is 1. The highest BCUT2D eigenvalue weighted by Crippen LogP contribution is 2.39. The Hall–Kier alpha value is -3.47. The second-order valence-corrected chi connectivity index (χ2v) is 7.01. The Morgan fingerprint density at radius 3 is 2.68 bits per heavy atom. The van der Waals surface area contributed by atoms with Crippen molar-refractivity contribution in [1.29, 1.82) is 0 Å². The number of hydrogen-bond acceptors (Lipinski definition) is 2. The number of carbonyl (C=O) groups excluding carboxylic acids is 1. The van der Waals surface area contributed by atoms with Gasteiger partial charge in [0, 0.05) is 35.5 Å². The van der Waals surface area contributed by atoms with Gasteiger partial charge in [-0.15, -0.1) is 0 Å². The van der Waals surface area contributed by atoms with Crippen molar-refractivity contribution in [3.63, 3.8) is 0 Å². The first-order valence-electron chi connectivity index (χ1n) is 9.28. The molecule has 5 rings (SSSR count). The van der Waals surface area contributed by atoms with Gasteiger partial charge in [-0.25, -0.2) is 4.39 Å². The number of nitrogens with one attached hydrogen (secondary N) is 1. The fraction of sp³-hybridized carbons (Fsp3) is 0.130. The molecular weight excluding hydrogens is 353 g/mol. The summed E-state index contributed by atoms with van der Waals surface area (Å²) in [6.07, 6.45) is 4.01. The van der Waals surface area contributed by atoms with E-state index in [0.717, 1.165) is 23.2 Å². The van der Waals surface area contributed by atoms with E-state index in [9.17, 15) is 9.18 Å². The number of aromatic amines is 1. The summed E-state index contributed by atoms with van der Waals surface area (Å²) < 4.78 is 13.5. The number of hydrogen-bond donors (Lipinski definition) is 1. The van der Waals surface area contributed by atoms with Crippen LogP contribution < -0.4 is 0 Å². The van der Waals surface area contributed by atoms with Gasteiger partial charge in [-0.2, -0.15) is 0 Å². The molecule has 28 heavy (non-hydrogen) atoms. The third-order valence-electron chi connectivity index (χ3n) is 5.39. The van der Waals surface area contributed by atoms with Crippen LogP contribution in [-0.2, 0) is 6.42 Å². The summed E-state index contributed by atoms with van der Waals surface area (Å²) in [5, 5.41) is 1.18. The highest BCUT2D eigenvalue weighted by molar-refractivity contribution is 5.95. The zero-order chi connectivity index (χ0) is 19.1. The fourth-order valence-corrected chi connectivity index (χ4v) is 4.11. The Morgan fingerprint density at radius 2 is 1.89 bits per heavy atom. The van der Waals surface area contributed by atoms with Gasteiger partial charge in [-0.3, -0.25) is 9.78 Å². The molecule has 138 valence electrons. The van der Waals surface area contributed by atoms with Crippen LogP contribution in [0.15, 0.2) is 73.1 Å². The molecule has 1 unspecified atom stereocenters. The van der Waals surface area contributed by atoms with E-state index < -0.39 is 0 Å². The van der Waals surface area contributed by atoms with E-state index in [-0.39, 0.29) is 17.8 Å². The number of pyridine rings is 1. The van der Waals surface area contributed by atoms with Crippen molar-refractivity contribution < 1.29 is 9.18 Å². The van der Waals surface area contributed by atoms with Crippen molar-refractivity contribution >= 4 is 16.8 Å². The molecule has 4 nitrogen and oxygen atoms in total. The van der Waals surface area contributed by atoms with Gasteiger partial charge in [0.1, 0.15) is 5.82 Å². The SMILES string of the molecule is O=C(c1cccnc1)N1CCc2c([nH]c3ccccc23)C1c1ccc(F)cc1.